The van der Waals surface area contributed by atoms with Gasteiger partial charge < -0.3 is 9.52 Å². The van der Waals surface area contributed by atoms with E-state index in [4.69, 9.17) is 14.8 Å². The summed E-state index contributed by atoms with van der Waals surface area (Å²) in [6.07, 6.45) is 0. The van der Waals surface area contributed by atoms with Gasteiger partial charge in [0.05, 0.1) is 17.6 Å². The summed E-state index contributed by atoms with van der Waals surface area (Å²) in [5.41, 5.74) is 0. The first kappa shape index (κ1) is 9.68. The van der Waals surface area contributed by atoms with Gasteiger partial charge in [-0.2, -0.15) is 5.26 Å². The Morgan fingerprint density at radius 1 is 1.69 bits per heavy atom. The second-order valence-electron chi connectivity index (χ2n) is 2.22. The third-order valence-corrected chi connectivity index (χ3v) is 2.11. The molecule has 0 unspecified atom stereocenters. The Labute approximate surface area is 79.2 Å². The van der Waals surface area contributed by atoms with Gasteiger partial charge in [0.2, 0.25) is 5.76 Å². The monoisotopic (exact) mass is 197 g/mol. The molecule has 1 N–H and O–H groups in total. The van der Waals surface area contributed by atoms with E-state index in [1.165, 1.54) is 17.8 Å². The largest absolute Gasteiger partial charge is 0.475 e. The first-order valence-corrected chi connectivity index (χ1v) is 4.66. The molecule has 5 heteroatoms. The molecule has 0 saturated carbocycles. The lowest BCUT2D eigenvalue weighted by Gasteiger charge is -1.91. The van der Waals surface area contributed by atoms with Crippen LogP contribution in [0.1, 0.15) is 16.3 Å². The van der Waals surface area contributed by atoms with Crippen LogP contribution in [0.15, 0.2) is 16.5 Å². The summed E-state index contributed by atoms with van der Waals surface area (Å²) in [5.74, 6) is 0.353. The maximum Gasteiger partial charge on any atom is 0.371 e. The van der Waals surface area contributed by atoms with Crippen LogP contribution in [0.2, 0.25) is 0 Å². The van der Waals surface area contributed by atoms with Gasteiger partial charge in [0.15, 0.2) is 0 Å². The predicted octanol–water partition coefficient (Wildman–Crippen LogP) is 1.73. The first-order chi connectivity index (χ1) is 6.24. The SMILES string of the molecule is N#CCSCc1ccc(C(=O)O)o1. The number of hydrogen-bond acceptors (Lipinski definition) is 4. The highest BCUT2D eigenvalue weighted by atomic mass is 32.2. The smallest absolute Gasteiger partial charge is 0.371 e. The van der Waals surface area contributed by atoms with Crippen molar-refractivity contribution in [3.05, 3.63) is 23.7 Å². The van der Waals surface area contributed by atoms with Crippen molar-refractivity contribution in [2.24, 2.45) is 0 Å². The first-order valence-electron chi connectivity index (χ1n) is 3.50. The molecule has 4 nitrogen and oxygen atoms in total. The molecule has 0 radical (unpaired) electrons. The van der Waals surface area contributed by atoms with Gasteiger partial charge in [0.25, 0.3) is 0 Å². The van der Waals surface area contributed by atoms with Crippen LogP contribution in [0.25, 0.3) is 0 Å². The minimum Gasteiger partial charge on any atom is -0.475 e. The minimum atomic E-state index is -1.07. The number of carbonyl (C=O) groups is 1. The molecule has 0 saturated heterocycles. The molecule has 0 atom stereocenters. The van der Waals surface area contributed by atoms with Crippen LogP contribution in [0, 0.1) is 11.3 Å². The molecule has 0 amide bonds. The standard InChI is InChI=1S/C8H7NO3S/c9-3-4-13-5-6-1-2-7(12-6)8(10)11/h1-2H,4-5H2,(H,10,11). The van der Waals surface area contributed by atoms with Crippen LogP contribution in [-0.4, -0.2) is 16.8 Å². The van der Waals surface area contributed by atoms with Crippen LogP contribution >= 0.6 is 11.8 Å². The Hall–Kier alpha value is -1.41. The third kappa shape index (κ3) is 2.84. The van der Waals surface area contributed by atoms with Crippen LogP contribution < -0.4 is 0 Å². The van der Waals surface area contributed by atoms with Gasteiger partial charge >= 0.3 is 5.97 Å². The third-order valence-electron chi connectivity index (χ3n) is 1.28. The van der Waals surface area contributed by atoms with Gasteiger partial charge in [-0.25, -0.2) is 4.79 Å². The molecule has 1 rings (SSSR count). The highest BCUT2D eigenvalue weighted by Crippen LogP contribution is 2.14. The predicted molar refractivity (Wildman–Crippen MR) is 47.4 cm³/mol. The molecule has 1 aromatic heterocycles. The summed E-state index contributed by atoms with van der Waals surface area (Å²) in [4.78, 5) is 10.4. The molecule has 1 heterocycles. The zero-order valence-corrected chi connectivity index (χ0v) is 7.50. The van der Waals surface area contributed by atoms with Crippen molar-refractivity contribution in [3.8, 4) is 6.07 Å². The molecule has 13 heavy (non-hydrogen) atoms. The van der Waals surface area contributed by atoms with Gasteiger partial charge in [0.1, 0.15) is 5.76 Å². The Balaban J connectivity index is 2.50. The minimum absolute atomic E-state index is 0.0624. The number of nitriles is 1. The Kier molecular flexibility index (Phi) is 3.41. The highest BCUT2D eigenvalue weighted by Gasteiger charge is 2.08. The van der Waals surface area contributed by atoms with Gasteiger partial charge in [-0.1, -0.05) is 0 Å². The lowest BCUT2D eigenvalue weighted by Crippen LogP contribution is -1.91. The fraction of sp³-hybridized carbons (Fsp3) is 0.250. The number of aromatic carboxylic acids is 1. The van der Waals surface area contributed by atoms with Crippen LogP contribution in [0.3, 0.4) is 0 Å². The van der Waals surface area contributed by atoms with Crippen molar-refractivity contribution in [2.75, 3.05) is 5.75 Å². The van der Waals surface area contributed by atoms with Crippen molar-refractivity contribution in [3.63, 3.8) is 0 Å². The summed E-state index contributed by atoms with van der Waals surface area (Å²) in [6, 6.07) is 4.98. The summed E-state index contributed by atoms with van der Waals surface area (Å²) in [6.45, 7) is 0. The van der Waals surface area contributed by atoms with Gasteiger partial charge in [-0.3, -0.25) is 0 Å². The second kappa shape index (κ2) is 4.58. The van der Waals surface area contributed by atoms with Crippen molar-refractivity contribution < 1.29 is 14.3 Å². The number of carboxylic acids is 1. The zero-order valence-electron chi connectivity index (χ0n) is 6.69. The lowest BCUT2D eigenvalue weighted by molar-refractivity contribution is 0.0661. The number of carboxylic acid groups (broad SMARTS) is 1. The maximum absolute atomic E-state index is 10.4. The molecular weight excluding hydrogens is 190 g/mol. The van der Waals surface area contributed by atoms with Gasteiger partial charge in [0, 0.05) is 0 Å². The van der Waals surface area contributed by atoms with E-state index in [1.54, 1.807) is 6.07 Å². The molecule has 0 aliphatic carbocycles. The van der Waals surface area contributed by atoms with E-state index in [-0.39, 0.29) is 5.76 Å². The lowest BCUT2D eigenvalue weighted by atomic mass is 10.4. The molecule has 1 aromatic rings. The van der Waals surface area contributed by atoms with E-state index in [0.717, 1.165) is 0 Å². The highest BCUT2D eigenvalue weighted by molar-refractivity contribution is 7.98. The zero-order chi connectivity index (χ0) is 9.68. The van der Waals surface area contributed by atoms with Crippen molar-refractivity contribution in [1.82, 2.24) is 0 Å². The Morgan fingerprint density at radius 2 is 2.46 bits per heavy atom. The number of nitrogens with zero attached hydrogens (tertiary/aromatic N) is 1. The van der Waals surface area contributed by atoms with Crippen LogP contribution in [0.5, 0.6) is 0 Å². The molecule has 0 aliphatic rings. The summed E-state index contributed by atoms with van der Waals surface area (Å²) >= 11 is 1.38. The summed E-state index contributed by atoms with van der Waals surface area (Å²) < 4.78 is 4.96. The topological polar surface area (TPSA) is 74.2 Å². The second-order valence-corrected chi connectivity index (χ2v) is 3.21. The van der Waals surface area contributed by atoms with E-state index >= 15 is 0 Å². The Bertz CT molecular complexity index is 339. The normalized spacial score (nSPS) is 9.46. The van der Waals surface area contributed by atoms with E-state index in [9.17, 15) is 4.79 Å². The van der Waals surface area contributed by atoms with E-state index in [2.05, 4.69) is 0 Å². The van der Waals surface area contributed by atoms with Gasteiger partial charge in [-0.05, 0) is 12.1 Å². The quantitative estimate of drug-likeness (QED) is 0.744. The number of furan rings is 1. The number of hydrogen-bond donors (Lipinski definition) is 1. The van der Waals surface area contributed by atoms with Crippen LogP contribution in [0.4, 0.5) is 0 Å². The molecule has 0 fully saturated rings. The fourth-order valence-corrected chi connectivity index (χ4v) is 1.32. The Morgan fingerprint density at radius 3 is 3.00 bits per heavy atom. The maximum atomic E-state index is 10.4. The molecule has 0 aromatic carbocycles. The van der Waals surface area contributed by atoms with Crippen molar-refractivity contribution in [2.45, 2.75) is 5.75 Å². The van der Waals surface area contributed by atoms with E-state index in [0.29, 0.717) is 17.3 Å². The fourth-order valence-electron chi connectivity index (χ4n) is 0.768. The molecular formula is C8H7NO3S. The van der Waals surface area contributed by atoms with Gasteiger partial charge in [-0.15, -0.1) is 11.8 Å². The molecule has 0 bridgehead atoms. The molecule has 0 spiro atoms. The summed E-state index contributed by atoms with van der Waals surface area (Å²) in [7, 11) is 0. The van der Waals surface area contributed by atoms with E-state index < -0.39 is 5.97 Å². The number of thioether (sulfide) groups is 1. The van der Waals surface area contributed by atoms with E-state index in [1.807, 2.05) is 6.07 Å². The average molecular weight is 197 g/mol. The molecule has 68 valence electrons. The average Bonchev–Trinajstić information content (AvgIpc) is 2.53. The van der Waals surface area contributed by atoms with Crippen LogP contribution in [-0.2, 0) is 5.75 Å². The van der Waals surface area contributed by atoms with Crippen molar-refractivity contribution >= 4 is 17.7 Å². The number of rotatable bonds is 4. The van der Waals surface area contributed by atoms with Crippen molar-refractivity contribution in [1.29, 1.82) is 5.26 Å². The molecule has 0 aliphatic heterocycles. The summed E-state index contributed by atoms with van der Waals surface area (Å²) in [5, 5.41) is 16.8.